The largest absolute Gasteiger partial charge is 0.444 e. The molecule has 0 atom stereocenters. The lowest BCUT2D eigenvalue weighted by atomic mass is 9.39. The summed E-state index contributed by atoms with van der Waals surface area (Å²) in [5.74, 6) is -0.214. The highest BCUT2D eigenvalue weighted by Gasteiger charge is 2.73. The molecule has 1 aromatic rings. The third-order valence-corrected chi connectivity index (χ3v) is 7.13. The number of halogens is 2. The average molecular weight is 529 g/mol. The van der Waals surface area contributed by atoms with Crippen LogP contribution in [0.1, 0.15) is 40.0 Å². The molecule has 3 aliphatic carbocycles. The Morgan fingerprint density at radius 2 is 1.91 bits per heavy atom. The SMILES string of the molecule is CC(C)(C)OC(=O)NC(=O)C12CC(n3cnc(I)c3I)(C1)C2. The van der Waals surface area contributed by atoms with Crippen molar-refractivity contribution in [1.29, 1.82) is 0 Å². The molecule has 0 unspecified atom stereocenters. The Kier molecular flexibility index (Phi) is 3.78. The minimum absolute atomic E-state index is 0.0121. The van der Waals surface area contributed by atoms with E-state index in [1.54, 1.807) is 20.8 Å². The predicted molar refractivity (Wildman–Crippen MR) is 96.3 cm³/mol. The fourth-order valence-electron chi connectivity index (χ4n) is 3.40. The van der Waals surface area contributed by atoms with Gasteiger partial charge in [0.05, 0.1) is 11.7 Å². The fraction of sp³-hybridized carbons (Fsp3) is 0.643. The summed E-state index contributed by atoms with van der Waals surface area (Å²) in [4.78, 5) is 28.3. The van der Waals surface area contributed by atoms with Crippen molar-refractivity contribution in [3.8, 4) is 0 Å². The van der Waals surface area contributed by atoms with Crippen molar-refractivity contribution in [2.45, 2.75) is 51.2 Å². The van der Waals surface area contributed by atoms with Crippen molar-refractivity contribution in [2.24, 2.45) is 5.41 Å². The molecule has 1 aromatic heterocycles. The molecule has 2 amide bonds. The zero-order valence-corrected chi connectivity index (χ0v) is 16.9. The Bertz CT molecular complexity index is 643. The molecule has 0 saturated heterocycles. The van der Waals surface area contributed by atoms with E-state index >= 15 is 0 Å². The Hall–Kier alpha value is -0.390. The number of carbonyl (C=O) groups excluding carboxylic acids is 2. The Labute approximate surface area is 156 Å². The van der Waals surface area contributed by atoms with E-state index in [0.29, 0.717) is 0 Å². The molecule has 3 fully saturated rings. The lowest BCUT2D eigenvalue weighted by molar-refractivity contribution is -0.197. The first kappa shape index (κ1) is 16.5. The molecule has 0 spiro atoms. The second kappa shape index (κ2) is 5.05. The summed E-state index contributed by atoms with van der Waals surface area (Å²) in [6.45, 7) is 5.32. The average Bonchev–Trinajstić information content (AvgIpc) is 2.54. The molecule has 1 N–H and O–H groups in total. The summed E-state index contributed by atoms with van der Waals surface area (Å²) in [5.41, 5.74) is -0.997. The Morgan fingerprint density at radius 3 is 2.36 bits per heavy atom. The molecular formula is C14H17I2N3O3. The van der Waals surface area contributed by atoms with Crippen LogP contribution in [0.5, 0.6) is 0 Å². The Morgan fingerprint density at radius 1 is 1.32 bits per heavy atom. The number of rotatable bonds is 2. The van der Waals surface area contributed by atoms with Gasteiger partial charge in [0.15, 0.2) is 0 Å². The number of carbonyl (C=O) groups is 2. The molecule has 4 rings (SSSR count). The van der Waals surface area contributed by atoms with E-state index in [2.05, 4.69) is 60.0 Å². The maximum absolute atomic E-state index is 12.3. The molecule has 0 radical (unpaired) electrons. The molecule has 0 aliphatic heterocycles. The predicted octanol–water partition coefficient (Wildman–Crippen LogP) is 3.02. The third kappa shape index (κ3) is 2.55. The molecule has 6 nitrogen and oxygen atoms in total. The molecule has 2 bridgehead atoms. The van der Waals surface area contributed by atoms with Crippen LogP contribution in [0.4, 0.5) is 4.79 Å². The van der Waals surface area contributed by atoms with Gasteiger partial charge in [0, 0.05) is 5.54 Å². The first-order valence-corrected chi connectivity index (χ1v) is 9.16. The molecule has 3 saturated carbocycles. The number of imidazole rings is 1. The van der Waals surface area contributed by atoms with E-state index in [9.17, 15) is 9.59 Å². The minimum atomic E-state index is -0.664. The van der Waals surface area contributed by atoms with Gasteiger partial charge >= 0.3 is 6.09 Å². The molecule has 0 aromatic carbocycles. The second-order valence-electron chi connectivity index (χ2n) is 7.19. The van der Waals surface area contributed by atoms with Gasteiger partial charge < -0.3 is 9.30 Å². The van der Waals surface area contributed by atoms with Gasteiger partial charge in [0.2, 0.25) is 5.91 Å². The number of ether oxygens (including phenoxy) is 1. The lowest BCUT2D eigenvalue weighted by Gasteiger charge is -2.69. The van der Waals surface area contributed by atoms with Gasteiger partial charge in [-0.1, -0.05) is 0 Å². The van der Waals surface area contributed by atoms with Gasteiger partial charge in [-0.2, -0.15) is 0 Å². The van der Waals surface area contributed by atoms with Gasteiger partial charge in [-0.3, -0.25) is 10.1 Å². The molecule has 3 aliphatic rings. The van der Waals surface area contributed by atoms with E-state index in [0.717, 1.165) is 26.7 Å². The highest BCUT2D eigenvalue weighted by atomic mass is 127. The summed E-state index contributed by atoms with van der Waals surface area (Å²) in [6, 6.07) is 0. The number of amides is 2. The number of alkyl carbamates (subject to hydrolysis) is 1. The number of hydrogen-bond acceptors (Lipinski definition) is 4. The van der Waals surface area contributed by atoms with Crippen molar-refractivity contribution in [2.75, 3.05) is 0 Å². The highest BCUT2D eigenvalue weighted by Crippen LogP contribution is 2.71. The second-order valence-corrected chi connectivity index (χ2v) is 9.23. The number of nitrogens with one attached hydrogen (secondary N) is 1. The number of aromatic nitrogens is 2. The molecule has 8 heteroatoms. The van der Waals surface area contributed by atoms with Crippen LogP contribution in [-0.2, 0) is 15.1 Å². The normalized spacial score (nSPS) is 29.3. The molecule has 22 heavy (non-hydrogen) atoms. The number of imide groups is 1. The number of hydrogen-bond donors (Lipinski definition) is 1. The van der Waals surface area contributed by atoms with Crippen LogP contribution in [0.15, 0.2) is 6.33 Å². The molecule has 120 valence electrons. The highest BCUT2D eigenvalue weighted by molar-refractivity contribution is 14.1. The van der Waals surface area contributed by atoms with Crippen LogP contribution < -0.4 is 5.32 Å². The summed E-state index contributed by atoms with van der Waals surface area (Å²) < 4.78 is 9.39. The van der Waals surface area contributed by atoms with Gasteiger partial charge in [-0.15, -0.1) is 0 Å². The monoisotopic (exact) mass is 529 g/mol. The van der Waals surface area contributed by atoms with Crippen LogP contribution in [0.2, 0.25) is 0 Å². The van der Waals surface area contributed by atoms with Gasteiger partial charge in [-0.25, -0.2) is 9.78 Å². The molecule has 1 heterocycles. The summed E-state index contributed by atoms with van der Waals surface area (Å²) in [6.07, 6.45) is 3.46. The first-order chi connectivity index (χ1) is 10.1. The van der Waals surface area contributed by atoms with E-state index in [-0.39, 0.29) is 11.4 Å². The van der Waals surface area contributed by atoms with E-state index in [1.807, 2.05) is 6.33 Å². The van der Waals surface area contributed by atoms with E-state index in [1.165, 1.54) is 0 Å². The quantitative estimate of drug-likeness (QED) is 0.599. The van der Waals surface area contributed by atoms with Gasteiger partial charge in [0.1, 0.15) is 13.0 Å². The Balaban J connectivity index is 1.61. The summed E-state index contributed by atoms with van der Waals surface area (Å²) >= 11 is 4.49. The van der Waals surface area contributed by atoms with Crippen LogP contribution in [0, 0.1) is 12.8 Å². The molecular weight excluding hydrogens is 512 g/mol. The summed E-state index contributed by atoms with van der Waals surface area (Å²) in [5, 5.41) is 2.38. The standard InChI is InChI=1S/C14H17I2N3O3/c1-12(2,3)22-11(21)18-10(20)13-4-14(5-13,6-13)19-7-17-8(15)9(19)16/h7H,4-6H2,1-3H3,(H,18,20,21). The smallest absolute Gasteiger partial charge is 0.414 e. The fourth-order valence-corrected chi connectivity index (χ4v) is 4.56. The topological polar surface area (TPSA) is 73.2 Å². The first-order valence-electron chi connectivity index (χ1n) is 7.00. The van der Waals surface area contributed by atoms with Crippen molar-refractivity contribution in [3.05, 3.63) is 13.7 Å². The van der Waals surface area contributed by atoms with Crippen molar-refractivity contribution in [3.63, 3.8) is 0 Å². The van der Waals surface area contributed by atoms with Gasteiger partial charge in [-0.05, 0) is 85.2 Å². The van der Waals surface area contributed by atoms with Crippen LogP contribution >= 0.6 is 45.2 Å². The summed E-state index contributed by atoms with van der Waals surface area (Å²) in [7, 11) is 0. The van der Waals surface area contributed by atoms with Crippen LogP contribution in [-0.4, -0.2) is 27.2 Å². The van der Waals surface area contributed by atoms with Crippen molar-refractivity contribution < 1.29 is 14.3 Å². The van der Waals surface area contributed by atoms with Crippen molar-refractivity contribution >= 4 is 57.2 Å². The zero-order chi connectivity index (χ0) is 16.3. The van der Waals surface area contributed by atoms with Crippen LogP contribution in [0.3, 0.4) is 0 Å². The third-order valence-electron chi connectivity index (χ3n) is 4.28. The zero-order valence-electron chi connectivity index (χ0n) is 12.6. The maximum Gasteiger partial charge on any atom is 0.414 e. The van der Waals surface area contributed by atoms with Gasteiger partial charge in [0.25, 0.3) is 0 Å². The maximum atomic E-state index is 12.3. The van der Waals surface area contributed by atoms with Crippen LogP contribution in [0.25, 0.3) is 0 Å². The lowest BCUT2D eigenvalue weighted by Crippen LogP contribution is -2.72. The minimum Gasteiger partial charge on any atom is -0.444 e. The number of nitrogens with zero attached hydrogens (tertiary/aromatic N) is 2. The van der Waals surface area contributed by atoms with E-state index in [4.69, 9.17) is 4.74 Å². The van der Waals surface area contributed by atoms with E-state index < -0.39 is 17.1 Å². The van der Waals surface area contributed by atoms with Crippen molar-refractivity contribution in [1.82, 2.24) is 14.9 Å².